The number of aryl methyl sites for hydroxylation is 2. The van der Waals surface area contributed by atoms with Gasteiger partial charge in [-0.3, -0.25) is 0 Å². The molecule has 1 aromatic carbocycles. The molecule has 0 amide bonds. The van der Waals surface area contributed by atoms with Crippen LogP contribution in [0.25, 0.3) is 31.9 Å². The van der Waals surface area contributed by atoms with E-state index in [1.165, 1.54) is 51.9 Å². The van der Waals surface area contributed by atoms with Gasteiger partial charge in [0.1, 0.15) is 4.83 Å². The molecule has 1 nitrogen and oxygen atoms in total. The van der Waals surface area contributed by atoms with Crippen molar-refractivity contribution in [1.82, 2.24) is 4.98 Å². The summed E-state index contributed by atoms with van der Waals surface area (Å²) in [4.78, 5) is 9.06. The third kappa shape index (κ3) is 2.31. The maximum Gasteiger partial charge on any atom is 0.125 e. The monoisotopic (exact) mass is 347 g/mol. The Kier molecular flexibility index (Phi) is 3.50. The minimum atomic E-state index is 1.11. The third-order valence-electron chi connectivity index (χ3n) is 4.78. The largest absolute Gasteiger partial charge is 0.236 e. The van der Waals surface area contributed by atoms with Gasteiger partial charge in [-0.25, -0.2) is 4.98 Å². The Hall–Kier alpha value is -1.97. The molecule has 0 saturated carbocycles. The average molecular weight is 348 g/mol. The van der Waals surface area contributed by atoms with Gasteiger partial charge in [0.05, 0.1) is 10.6 Å². The highest BCUT2D eigenvalue weighted by Crippen LogP contribution is 2.42. The molecule has 0 fully saturated rings. The summed E-state index contributed by atoms with van der Waals surface area (Å²) in [6, 6.07) is 17.4. The number of benzene rings is 1. The molecule has 0 saturated heterocycles. The smallest absolute Gasteiger partial charge is 0.125 e. The second-order valence-corrected chi connectivity index (χ2v) is 8.32. The molecule has 0 N–H and O–H groups in total. The van der Waals surface area contributed by atoms with E-state index in [4.69, 9.17) is 4.98 Å². The summed E-state index contributed by atoms with van der Waals surface area (Å²) in [5, 5.41) is 3.53. The van der Waals surface area contributed by atoms with Crippen LogP contribution in [0.15, 0.2) is 53.9 Å². The molecule has 1 aliphatic rings. The third-order valence-corrected chi connectivity index (χ3v) is 6.86. The summed E-state index contributed by atoms with van der Waals surface area (Å²) < 4.78 is 0. The first-order valence-corrected chi connectivity index (χ1v) is 10.1. The molecular weight excluding hydrogens is 330 g/mol. The molecule has 0 unspecified atom stereocenters. The van der Waals surface area contributed by atoms with E-state index in [0.29, 0.717) is 0 Å². The van der Waals surface area contributed by atoms with Gasteiger partial charge in [-0.1, -0.05) is 36.4 Å². The fraction of sp³-hybridized carbons (Fsp3) is 0.190. The fourth-order valence-corrected chi connectivity index (χ4v) is 5.63. The number of rotatable bonds is 2. The number of pyridine rings is 1. The molecule has 1 aliphatic carbocycles. The Morgan fingerprint density at radius 2 is 1.79 bits per heavy atom. The summed E-state index contributed by atoms with van der Waals surface area (Å²) >= 11 is 3.68. The Bertz CT molecular complexity index is 997. The van der Waals surface area contributed by atoms with Crippen LogP contribution in [0.1, 0.15) is 23.3 Å². The summed E-state index contributed by atoms with van der Waals surface area (Å²) in [5.74, 6) is 0. The van der Waals surface area contributed by atoms with Gasteiger partial charge in [-0.15, -0.1) is 22.7 Å². The zero-order valence-corrected chi connectivity index (χ0v) is 14.9. The van der Waals surface area contributed by atoms with Crippen molar-refractivity contribution in [1.29, 1.82) is 0 Å². The number of fused-ring (bicyclic) bond motifs is 3. The average Bonchev–Trinajstić information content (AvgIpc) is 3.29. The van der Waals surface area contributed by atoms with Crippen LogP contribution in [0.2, 0.25) is 0 Å². The van der Waals surface area contributed by atoms with Crippen molar-refractivity contribution in [3.05, 3.63) is 64.4 Å². The molecule has 3 heterocycles. The fourth-order valence-electron chi connectivity index (χ4n) is 3.65. The number of hydrogen-bond acceptors (Lipinski definition) is 3. The lowest BCUT2D eigenvalue weighted by atomic mass is 9.92. The van der Waals surface area contributed by atoms with Gasteiger partial charge >= 0.3 is 0 Å². The topological polar surface area (TPSA) is 12.9 Å². The quantitative estimate of drug-likeness (QED) is 0.399. The minimum Gasteiger partial charge on any atom is -0.236 e. The molecule has 0 spiro atoms. The van der Waals surface area contributed by atoms with Gasteiger partial charge in [-0.2, -0.15) is 0 Å². The Labute approximate surface area is 149 Å². The zero-order valence-electron chi connectivity index (χ0n) is 13.3. The minimum absolute atomic E-state index is 1.11. The van der Waals surface area contributed by atoms with Gasteiger partial charge in [0.15, 0.2) is 0 Å². The van der Waals surface area contributed by atoms with Crippen molar-refractivity contribution in [3.8, 4) is 21.7 Å². The van der Waals surface area contributed by atoms with E-state index in [0.717, 1.165) is 5.69 Å². The SMILES string of the molecule is c1ccc(-c2cc(-c3cccs3)nc3sc4c(c23)CCCC4)cc1. The van der Waals surface area contributed by atoms with Crippen LogP contribution in [-0.2, 0) is 12.8 Å². The molecule has 24 heavy (non-hydrogen) atoms. The summed E-state index contributed by atoms with van der Waals surface area (Å²) in [6.07, 6.45) is 5.05. The van der Waals surface area contributed by atoms with Gasteiger partial charge in [0.2, 0.25) is 0 Å². The van der Waals surface area contributed by atoms with Gasteiger partial charge in [0, 0.05) is 10.3 Å². The highest BCUT2D eigenvalue weighted by molar-refractivity contribution is 7.19. The molecule has 4 aromatic rings. The second-order valence-electron chi connectivity index (χ2n) is 6.29. The normalized spacial score (nSPS) is 14.0. The van der Waals surface area contributed by atoms with Crippen molar-refractivity contribution in [2.75, 3.05) is 0 Å². The van der Waals surface area contributed by atoms with Crippen LogP contribution in [0, 0.1) is 0 Å². The van der Waals surface area contributed by atoms with Crippen LogP contribution >= 0.6 is 22.7 Å². The van der Waals surface area contributed by atoms with E-state index in [-0.39, 0.29) is 0 Å². The standard InChI is InChI=1S/C21H17NS2/c1-2-7-14(8-3-1)16-13-17(19-11-6-12-23-19)22-21-20(16)15-9-4-5-10-18(15)24-21/h1-3,6-8,11-13H,4-5,9-10H2. The summed E-state index contributed by atoms with van der Waals surface area (Å²) in [7, 11) is 0. The molecule has 0 atom stereocenters. The highest BCUT2D eigenvalue weighted by Gasteiger charge is 2.21. The first-order valence-electron chi connectivity index (χ1n) is 8.45. The van der Waals surface area contributed by atoms with Crippen LogP contribution < -0.4 is 0 Å². The lowest BCUT2D eigenvalue weighted by Gasteiger charge is -2.13. The van der Waals surface area contributed by atoms with E-state index >= 15 is 0 Å². The maximum absolute atomic E-state index is 5.04. The molecular formula is C21H17NS2. The van der Waals surface area contributed by atoms with Crippen LogP contribution in [0.3, 0.4) is 0 Å². The Balaban J connectivity index is 1.84. The Morgan fingerprint density at radius 3 is 2.62 bits per heavy atom. The summed E-state index contributed by atoms with van der Waals surface area (Å²) in [6.45, 7) is 0. The van der Waals surface area contributed by atoms with Crippen molar-refractivity contribution < 1.29 is 0 Å². The van der Waals surface area contributed by atoms with Gasteiger partial charge in [-0.05, 0) is 59.9 Å². The van der Waals surface area contributed by atoms with Crippen molar-refractivity contribution in [2.45, 2.75) is 25.7 Å². The predicted molar refractivity (Wildman–Crippen MR) is 105 cm³/mol. The lowest BCUT2D eigenvalue weighted by molar-refractivity contribution is 0.700. The van der Waals surface area contributed by atoms with E-state index in [2.05, 4.69) is 53.9 Å². The molecule has 0 aliphatic heterocycles. The van der Waals surface area contributed by atoms with E-state index in [9.17, 15) is 0 Å². The molecule has 5 rings (SSSR count). The number of aromatic nitrogens is 1. The highest BCUT2D eigenvalue weighted by atomic mass is 32.1. The van der Waals surface area contributed by atoms with Crippen LogP contribution in [-0.4, -0.2) is 4.98 Å². The molecule has 3 heteroatoms. The molecule has 0 radical (unpaired) electrons. The van der Waals surface area contributed by atoms with E-state index in [1.54, 1.807) is 21.8 Å². The number of thiophene rings is 2. The van der Waals surface area contributed by atoms with Crippen molar-refractivity contribution >= 4 is 32.9 Å². The van der Waals surface area contributed by atoms with Gasteiger partial charge in [0.25, 0.3) is 0 Å². The summed E-state index contributed by atoms with van der Waals surface area (Å²) in [5.41, 5.74) is 5.32. The van der Waals surface area contributed by atoms with E-state index in [1.807, 2.05) is 11.3 Å². The predicted octanol–water partition coefficient (Wildman–Crippen LogP) is 6.57. The van der Waals surface area contributed by atoms with Crippen LogP contribution in [0.5, 0.6) is 0 Å². The molecule has 0 bridgehead atoms. The lowest BCUT2D eigenvalue weighted by Crippen LogP contribution is -1.98. The first-order chi connectivity index (χ1) is 11.9. The molecule has 3 aromatic heterocycles. The van der Waals surface area contributed by atoms with Crippen molar-refractivity contribution in [3.63, 3.8) is 0 Å². The molecule has 118 valence electrons. The number of hydrogen-bond donors (Lipinski definition) is 0. The number of nitrogens with zero attached hydrogens (tertiary/aromatic N) is 1. The zero-order chi connectivity index (χ0) is 15.9. The van der Waals surface area contributed by atoms with E-state index < -0.39 is 0 Å². The van der Waals surface area contributed by atoms with Gasteiger partial charge < -0.3 is 0 Å². The first kappa shape index (κ1) is 14.4. The van der Waals surface area contributed by atoms with Crippen LogP contribution in [0.4, 0.5) is 0 Å². The van der Waals surface area contributed by atoms with Crippen molar-refractivity contribution in [2.24, 2.45) is 0 Å². The second kappa shape index (κ2) is 5.83. The Morgan fingerprint density at radius 1 is 0.917 bits per heavy atom. The maximum atomic E-state index is 5.04.